The summed E-state index contributed by atoms with van der Waals surface area (Å²) in [6.07, 6.45) is -0.396. The molecule has 12 rings (SSSR count). The molecule has 5 heteroatoms. The van der Waals surface area contributed by atoms with E-state index in [0.29, 0.717) is 5.84 Å². The van der Waals surface area contributed by atoms with Crippen molar-refractivity contribution in [3.8, 4) is 22.3 Å². The van der Waals surface area contributed by atoms with Gasteiger partial charge >= 0.3 is 0 Å². The number of hydrogen-bond acceptors (Lipinski definition) is 5. The number of amidine groups is 2. The molecule has 0 fully saturated rings. The number of rotatable bonds is 5. The van der Waals surface area contributed by atoms with Gasteiger partial charge in [0.15, 0.2) is 5.84 Å². The fourth-order valence-electron chi connectivity index (χ4n) is 8.69. The van der Waals surface area contributed by atoms with E-state index in [-0.39, 0.29) is 0 Å². The Balaban J connectivity index is 1.09. The summed E-state index contributed by atoms with van der Waals surface area (Å²) in [5.74, 6) is 1.39. The largest absolute Gasteiger partial charge is 0.456 e. The normalized spacial score (nSPS) is 14.4. The molecular weight excluding hydrogens is 711 g/mol. The Morgan fingerprint density at radius 1 is 0.414 bits per heavy atom. The van der Waals surface area contributed by atoms with Crippen LogP contribution in [0.2, 0.25) is 0 Å². The first-order valence-corrected chi connectivity index (χ1v) is 19.6. The van der Waals surface area contributed by atoms with Gasteiger partial charge in [-0.05, 0) is 80.4 Å². The molecule has 0 aliphatic carbocycles. The minimum Gasteiger partial charge on any atom is -0.456 e. The number of benzene rings is 9. The highest BCUT2D eigenvalue weighted by Crippen LogP contribution is 2.42. The van der Waals surface area contributed by atoms with E-state index in [1.54, 1.807) is 0 Å². The van der Waals surface area contributed by atoms with E-state index in [1.165, 1.54) is 10.9 Å². The van der Waals surface area contributed by atoms with E-state index in [0.717, 1.165) is 99.3 Å². The van der Waals surface area contributed by atoms with Crippen molar-refractivity contribution in [3.63, 3.8) is 0 Å². The summed E-state index contributed by atoms with van der Waals surface area (Å²) in [5.41, 5.74) is 10.7. The number of nitrogens with zero attached hydrogens (tertiary/aromatic N) is 2. The lowest BCUT2D eigenvalue weighted by Crippen LogP contribution is -2.33. The first-order chi connectivity index (χ1) is 28.7. The predicted octanol–water partition coefficient (Wildman–Crippen LogP) is 13.6. The summed E-state index contributed by atoms with van der Waals surface area (Å²) in [5, 5.41) is 12.5. The number of aliphatic imine (C=N–C) groups is 2. The van der Waals surface area contributed by atoms with E-state index in [9.17, 15) is 0 Å². The standard InChI is InChI=1S/C53H33N3O2/c1-2-12-32(13-3-1)34-22-25-35(26-23-34)51-54-52(37-27-24-33-14-4-5-15-36(33)28-37)56-53(55-51)45-29-38(30-48-49(45)42-19-9-11-21-47(42)57-48)43-31-44-40-17-8-10-20-46(40)58-50(44)41-18-7-6-16-39(41)43/h1-31,52H,(H,54,55,56). The van der Waals surface area contributed by atoms with Crippen LogP contribution in [-0.4, -0.2) is 11.7 Å². The van der Waals surface area contributed by atoms with Crippen molar-refractivity contribution in [3.05, 3.63) is 205 Å². The molecule has 0 saturated carbocycles. The zero-order valence-electron chi connectivity index (χ0n) is 31.2. The lowest BCUT2D eigenvalue weighted by atomic mass is 9.92. The highest BCUT2D eigenvalue weighted by molar-refractivity contribution is 6.24. The Kier molecular flexibility index (Phi) is 7.23. The minimum absolute atomic E-state index is 0.396. The molecule has 0 bridgehead atoms. The van der Waals surface area contributed by atoms with Crippen molar-refractivity contribution >= 4 is 77.1 Å². The monoisotopic (exact) mass is 743 g/mol. The van der Waals surface area contributed by atoms with Gasteiger partial charge in [0.05, 0.1) is 0 Å². The summed E-state index contributed by atoms with van der Waals surface area (Å²) in [6, 6.07) is 65.7. The van der Waals surface area contributed by atoms with Crippen LogP contribution in [0.25, 0.3) is 87.7 Å². The minimum atomic E-state index is -0.396. The molecule has 1 aliphatic heterocycles. The van der Waals surface area contributed by atoms with Gasteiger partial charge in [0.1, 0.15) is 34.3 Å². The van der Waals surface area contributed by atoms with Gasteiger partial charge in [0.25, 0.3) is 0 Å². The first kappa shape index (κ1) is 32.5. The van der Waals surface area contributed by atoms with Gasteiger partial charge in [0.2, 0.25) is 0 Å². The Hall–Kier alpha value is -7.76. The smallest absolute Gasteiger partial charge is 0.159 e. The first-order valence-electron chi connectivity index (χ1n) is 19.6. The zero-order chi connectivity index (χ0) is 38.2. The van der Waals surface area contributed by atoms with Crippen molar-refractivity contribution in [2.24, 2.45) is 9.98 Å². The van der Waals surface area contributed by atoms with E-state index in [2.05, 4.69) is 163 Å². The lowest BCUT2D eigenvalue weighted by Gasteiger charge is -2.25. The number of furan rings is 2. The van der Waals surface area contributed by atoms with E-state index < -0.39 is 6.17 Å². The highest BCUT2D eigenvalue weighted by Gasteiger charge is 2.26. The number of fused-ring (bicyclic) bond motifs is 9. The number of para-hydroxylation sites is 2. The summed E-state index contributed by atoms with van der Waals surface area (Å²) >= 11 is 0. The Labute approximate surface area is 333 Å². The molecule has 0 radical (unpaired) electrons. The average molecular weight is 744 g/mol. The van der Waals surface area contributed by atoms with Gasteiger partial charge in [-0.15, -0.1) is 0 Å². The van der Waals surface area contributed by atoms with Crippen LogP contribution in [0.1, 0.15) is 22.9 Å². The molecule has 1 atom stereocenters. The van der Waals surface area contributed by atoms with Gasteiger partial charge in [0, 0.05) is 38.1 Å². The molecule has 272 valence electrons. The molecular formula is C53H33N3O2. The van der Waals surface area contributed by atoms with E-state index in [4.69, 9.17) is 18.8 Å². The van der Waals surface area contributed by atoms with E-state index in [1.807, 2.05) is 30.3 Å². The van der Waals surface area contributed by atoms with Gasteiger partial charge in [-0.2, -0.15) is 0 Å². The molecule has 3 heterocycles. The Morgan fingerprint density at radius 2 is 1.07 bits per heavy atom. The molecule has 0 amide bonds. The van der Waals surface area contributed by atoms with Crippen LogP contribution >= 0.6 is 0 Å². The molecule has 11 aromatic rings. The summed E-state index contributed by atoms with van der Waals surface area (Å²) in [7, 11) is 0. The lowest BCUT2D eigenvalue weighted by molar-refractivity contribution is 0.668. The van der Waals surface area contributed by atoms with Crippen LogP contribution in [0.4, 0.5) is 0 Å². The van der Waals surface area contributed by atoms with Crippen molar-refractivity contribution in [1.29, 1.82) is 0 Å². The molecule has 1 aliphatic rings. The Bertz CT molecular complexity index is 3480. The third kappa shape index (κ3) is 5.25. The molecule has 5 nitrogen and oxygen atoms in total. The zero-order valence-corrected chi connectivity index (χ0v) is 31.2. The second-order valence-corrected chi connectivity index (χ2v) is 14.9. The predicted molar refractivity (Wildman–Crippen MR) is 239 cm³/mol. The second kappa shape index (κ2) is 12.9. The topological polar surface area (TPSA) is 63.0 Å². The molecule has 1 N–H and O–H groups in total. The van der Waals surface area contributed by atoms with Crippen molar-refractivity contribution < 1.29 is 8.83 Å². The fourth-order valence-corrected chi connectivity index (χ4v) is 8.69. The summed E-state index contributed by atoms with van der Waals surface area (Å²) in [6.45, 7) is 0. The van der Waals surface area contributed by atoms with Crippen molar-refractivity contribution in [1.82, 2.24) is 5.32 Å². The maximum Gasteiger partial charge on any atom is 0.159 e. The third-order valence-electron chi connectivity index (χ3n) is 11.5. The Morgan fingerprint density at radius 3 is 1.90 bits per heavy atom. The van der Waals surface area contributed by atoms with Crippen molar-refractivity contribution in [2.45, 2.75) is 6.17 Å². The fraction of sp³-hybridized carbons (Fsp3) is 0.0189. The summed E-state index contributed by atoms with van der Waals surface area (Å²) in [4.78, 5) is 10.7. The van der Waals surface area contributed by atoms with Crippen molar-refractivity contribution in [2.75, 3.05) is 0 Å². The van der Waals surface area contributed by atoms with Gasteiger partial charge in [-0.1, -0.05) is 152 Å². The molecule has 1 unspecified atom stereocenters. The van der Waals surface area contributed by atoms with E-state index >= 15 is 0 Å². The van der Waals surface area contributed by atoms with Crippen LogP contribution in [0.5, 0.6) is 0 Å². The second-order valence-electron chi connectivity index (χ2n) is 14.9. The van der Waals surface area contributed by atoms with Crippen LogP contribution in [0.3, 0.4) is 0 Å². The van der Waals surface area contributed by atoms with Gasteiger partial charge in [-0.25, -0.2) is 9.98 Å². The van der Waals surface area contributed by atoms with Crippen LogP contribution in [-0.2, 0) is 0 Å². The SMILES string of the molecule is c1ccc(-c2ccc(C3=NC(c4ccc5ccccc5c4)NC(c4cc(-c5cc6c7ccccc7oc6c6ccccc56)cc5oc6ccccc6c45)=N3)cc2)cc1. The summed E-state index contributed by atoms with van der Waals surface area (Å²) < 4.78 is 13.2. The number of hydrogen-bond donors (Lipinski definition) is 1. The highest BCUT2D eigenvalue weighted by atomic mass is 16.3. The molecule has 58 heavy (non-hydrogen) atoms. The quantitative estimate of drug-likeness (QED) is 0.191. The average Bonchev–Trinajstić information content (AvgIpc) is 3.87. The molecule has 2 aromatic heterocycles. The van der Waals surface area contributed by atoms with Crippen LogP contribution < -0.4 is 5.32 Å². The third-order valence-corrected chi connectivity index (χ3v) is 11.5. The molecule has 0 saturated heterocycles. The van der Waals surface area contributed by atoms with Gasteiger partial charge in [-0.3, -0.25) is 0 Å². The number of nitrogens with one attached hydrogen (secondary N) is 1. The maximum absolute atomic E-state index is 6.70. The van der Waals surface area contributed by atoms with Gasteiger partial charge < -0.3 is 14.2 Å². The molecule has 9 aromatic carbocycles. The maximum atomic E-state index is 6.70. The van der Waals surface area contributed by atoms with Crippen LogP contribution in [0.15, 0.2) is 207 Å². The van der Waals surface area contributed by atoms with Crippen LogP contribution in [0, 0.1) is 0 Å². The molecule has 0 spiro atoms.